The first-order valence-corrected chi connectivity index (χ1v) is 7.91. The van der Waals surface area contributed by atoms with Crippen LogP contribution in [0.5, 0.6) is 0 Å². The number of hydrogen-bond acceptors (Lipinski definition) is 2. The Bertz CT molecular complexity index is 340. The van der Waals surface area contributed by atoms with Gasteiger partial charge in [-0.05, 0) is 12.8 Å². The molecule has 0 unspecified atom stereocenters. The van der Waals surface area contributed by atoms with Crippen molar-refractivity contribution in [3.05, 3.63) is 16.1 Å². The summed E-state index contributed by atoms with van der Waals surface area (Å²) in [5.41, 5.74) is 1.48. The van der Waals surface area contributed by atoms with E-state index < -0.39 is 0 Å². The number of hydrogen-bond donors (Lipinski definition) is 0. The lowest BCUT2D eigenvalue weighted by molar-refractivity contribution is 0.452. The predicted molar refractivity (Wildman–Crippen MR) is 75.9 cm³/mol. The average Bonchev–Trinajstić information content (AvgIpc) is 2.65. The second-order valence-electron chi connectivity index (χ2n) is 6.36. The first kappa shape index (κ1) is 13.1. The zero-order chi connectivity index (χ0) is 12.3. The summed E-state index contributed by atoms with van der Waals surface area (Å²) in [4.78, 5) is 4.90. The highest BCUT2D eigenvalue weighted by molar-refractivity contribution is 7.09. The Morgan fingerprint density at radius 2 is 1.65 bits per heavy atom. The van der Waals surface area contributed by atoms with Gasteiger partial charge < -0.3 is 0 Å². The van der Waals surface area contributed by atoms with E-state index in [2.05, 4.69) is 26.2 Å². The Morgan fingerprint density at radius 3 is 2.18 bits per heavy atom. The molecule has 1 nitrogen and oxygen atoms in total. The van der Waals surface area contributed by atoms with Crippen LogP contribution in [0.15, 0.2) is 5.38 Å². The highest BCUT2D eigenvalue weighted by atomic mass is 32.1. The van der Waals surface area contributed by atoms with E-state index in [4.69, 9.17) is 4.98 Å². The normalized spacial score (nSPS) is 19.9. The largest absolute Gasteiger partial charge is 0.245 e. The molecular weight excluding hydrogens is 226 g/mol. The minimum atomic E-state index is 0.205. The van der Waals surface area contributed by atoms with E-state index in [0.717, 1.165) is 5.92 Å². The van der Waals surface area contributed by atoms with Gasteiger partial charge in [-0.1, -0.05) is 52.9 Å². The van der Waals surface area contributed by atoms with Crippen molar-refractivity contribution >= 4 is 11.3 Å². The van der Waals surface area contributed by atoms with Crippen molar-refractivity contribution in [3.63, 3.8) is 0 Å². The van der Waals surface area contributed by atoms with Crippen LogP contribution < -0.4 is 0 Å². The van der Waals surface area contributed by atoms with E-state index in [1.54, 1.807) is 0 Å². The van der Waals surface area contributed by atoms with Gasteiger partial charge in [0.2, 0.25) is 0 Å². The molecule has 0 N–H and O–H groups in total. The molecule has 96 valence electrons. The van der Waals surface area contributed by atoms with Crippen molar-refractivity contribution in [2.45, 2.75) is 77.0 Å². The van der Waals surface area contributed by atoms with Crippen LogP contribution in [0.2, 0.25) is 0 Å². The molecule has 17 heavy (non-hydrogen) atoms. The van der Waals surface area contributed by atoms with Crippen molar-refractivity contribution in [2.24, 2.45) is 0 Å². The zero-order valence-electron chi connectivity index (χ0n) is 11.5. The monoisotopic (exact) mass is 251 g/mol. The summed E-state index contributed by atoms with van der Waals surface area (Å²) >= 11 is 1.89. The smallest absolute Gasteiger partial charge is 0.0959 e. The van der Waals surface area contributed by atoms with Crippen LogP contribution in [0.1, 0.15) is 82.3 Å². The van der Waals surface area contributed by atoms with Gasteiger partial charge >= 0.3 is 0 Å². The van der Waals surface area contributed by atoms with E-state index in [0.29, 0.717) is 0 Å². The van der Waals surface area contributed by atoms with Crippen molar-refractivity contribution in [1.82, 2.24) is 4.98 Å². The highest BCUT2D eigenvalue weighted by Gasteiger charge is 2.21. The van der Waals surface area contributed by atoms with Gasteiger partial charge in [0.15, 0.2) is 0 Å². The lowest BCUT2D eigenvalue weighted by atomic mass is 9.91. The molecule has 0 saturated heterocycles. The fraction of sp³-hybridized carbons (Fsp3) is 0.800. The molecule has 0 amide bonds. The molecule has 0 aromatic carbocycles. The maximum Gasteiger partial charge on any atom is 0.0959 e. The number of aromatic nitrogens is 1. The van der Waals surface area contributed by atoms with E-state index in [1.165, 1.54) is 55.6 Å². The summed E-state index contributed by atoms with van der Waals surface area (Å²) < 4.78 is 0. The molecule has 0 bridgehead atoms. The second kappa shape index (κ2) is 5.51. The maximum absolute atomic E-state index is 4.90. The van der Waals surface area contributed by atoms with Crippen LogP contribution in [0.25, 0.3) is 0 Å². The third kappa shape index (κ3) is 3.54. The molecule has 0 aliphatic heterocycles. The van der Waals surface area contributed by atoms with Crippen molar-refractivity contribution in [1.29, 1.82) is 0 Å². The molecule has 1 aromatic heterocycles. The van der Waals surface area contributed by atoms with Gasteiger partial charge in [0.25, 0.3) is 0 Å². The van der Waals surface area contributed by atoms with Gasteiger partial charge in [0.05, 0.1) is 10.7 Å². The molecule has 2 heteroatoms. The minimum Gasteiger partial charge on any atom is -0.245 e. The van der Waals surface area contributed by atoms with Crippen molar-refractivity contribution in [2.75, 3.05) is 0 Å². The maximum atomic E-state index is 4.90. The molecule has 1 fully saturated rings. The molecular formula is C15H25NS. The van der Waals surface area contributed by atoms with Crippen LogP contribution in [0.4, 0.5) is 0 Å². The molecule has 1 aliphatic carbocycles. The van der Waals surface area contributed by atoms with Crippen LogP contribution in [-0.4, -0.2) is 4.98 Å². The SMILES string of the molecule is CC(C)(C)c1csc(C2CCCCCCC2)n1. The van der Waals surface area contributed by atoms with E-state index in [1.807, 2.05) is 11.3 Å². The number of thiazole rings is 1. The molecule has 0 spiro atoms. The van der Waals surface area contributed by atoms with Gasteiger partial charge in [0.1, 0.15) is 0 Å². The molecule has 1 heterocycles. The average molecular weight is 251 g/mol. The fourth-order valence-corrected chi connectivity index (χ4v) is 3.74. The van der Waals surface area contributed by atoms with Crippen molar-refractivity contribution < 1.29 is 0 Å². The number of rotatable bonds is 1. The molecule has 1 saturated carbocycles. The van der Waals surface area contributed by atoms with Gasteiger partial charge in [-0.2, -0.15) is 0 Å². The molecule has 1 aliphatic rings. The fourth-order valence-electron chi connectivity index (χ4n) is 2.52. The molecule has 1 aromatic rings. The quantitative estimate of drug-likeness (QED) is 0.662. The number of nitrogens with zero attached hydrogens (tertiary/aromatic N) is 1. The van der Waals surface area contributed by atoms with Crippen LogP contribution in [0, 0.1) is 0 Å². The Labute approximate surface area is 110 Å². The van der Waals surface area contributed by atoms with Gasteiger partial charge in [-0.25, -0.2) is 4.98 Å². The van der Waals surface area contributed by atoms with Crippen LogP contribution in [-0.2, 0) is 5.41 Å². The lowest BCUT2D eigenvalue weighted by Gasteiger charge is -2.18. The standard InChI is InChI=1S/C15H25NS/c1-15(2,3)13-11-17-14(16-13)12-9-7-5-4-6-8-10-12/h11-12H,4-10H2,1-3H3. The third-order valence-electron chi connectivity index (χ3n) is 3.74. The molecule has 0 atom stereocenters. The summed E-state index contributed by atoms with van der Waals surface area (Å²) in [7, 11) is 0. The van der Waals surface area contributed by atoms with Gasteiger partial charge in [-0.15, -0.1) is 11.3 Å². The Kier molecular flexibility index (Phi) is 4.24. The summed E-state index contributed by atoms with van der Waals surface area (Å²) in [5, 5.41) is 3.67. The van der Waals surface area contributed by atoms with E-state index >= 15 is 0 Å². The Morgan fingerprint density at radius 1 is 1.06 bits per heavy atom. The van der Waals surface area contributed by atoms with Crippen LogP contribution in [0.3, 0.4) is 0 Å². The zero-order valence-corrected chi connectivity index (χ0v) is 12.3. The first-order chi connectivity index (χ1) is 8.07. The predicted octanol–water partition coefficient (Wildman–Crippen LogP) is 5.27. The highest BCUT2D eigenvalue weighted by Crippen LogP contribution is 2.34. The van der Waals surface area contributed by atoms with Gasteiger partial charge in [0, 0.05) is 16.7 Å². The summed E-state index contributed by atoms with van der Waals surface area (Å²) in [6.45, 7) is 6.76. The Hall–Kier alpha value is -0.370. The summed E-state index contributed by atoms with van der Waals surface area (Å²) in [6.07, 6.45) is 9.80. The third-order valence-corrected chi connectivity index (χ3v) is 4.75. The topological polar surface area (TPSA) is 12.9 Å². The summed E-state index contributed by atoms with van der Waals surface area (Å²) in [6, 6.07) is 0. The van der Waals surface area contributed by atoms with Crippen LogP contribution >= 0.6 is 11.3 Å². The van der Waals surface area contributed by atoms with E-state index in [9.17, 15) is 0 Å². The lowest BCUT2D eigenvalue weighted by Crippen LogP contribution is -2.12. The minimum absolute atomic E-state index is 0.205. The molecule has 0 radical (unpaired) electrons. The summed E-state index contributed by atoms with van der Waals surface area (Å²) in [5.74, 6) is 0.747. The van der Waals surface area contributed by atoms with Crippen molar-refractivity contribution in [3.8, 4) is 0 Å². The molecule has 2 rings (SSSR count). The second-order valence-corrected chi connectivity index (χ2v) is 7.25. The van der Waals surface area contributed by atoms with Gasteiger partial charge in [-0.3, -0.25) is 0 Å². The Balaban J connectivity index is 2.07. The first-order valence-electron chi connectivity index (χ1n) is 7.03. The van der Waals surface area contributed by atoms with E-state index in [-0.39, 0.29) is 5.41 Å².